The van der Waals surface area contributed by atoms with E-state index in [0.717, 1.165) is 31.9 Å². The van der Waals surface area contributed by atoms with E-state index in [-0.39, 0.29) is 12.1 Å². The lowest BCUT2D eigenvalue weighted by Gasteiger charge is -2.25. The summed E-state index contributed by atoms with van der Waals surface area (Å²) in [6, 6.07) is 1.33. The maximum Gasteiger partial charge on any atom is 0.480 e. The number of alkyl halides is 2. The van der Waals surface area contributed by atoms with Gasteiger partial charge in [-0.3, -0.25) is 23.5 Å². The molecule has 1 aromatic rings. The molecule has 0 N–H and O–H groups in total. The van der Waals surface area contributed by atoms with Gasteiger partial charge in [0.1, 0.15) is 6.10 Å². The third-order valence-corrected chi connectivity index (χ3v) is 10.3. The lowest BCUT2D eigenvalue weighted by atomic mass is 9.98. The molecule has 1 aliphatic heterocycles. The number of carbonyl (C=O) groups excluding carboxylic acids is 3. The minimum absolute atomic E-state index is 0.141. The van der Waals surface area contributed by atoms with E-state index in [2.05, 4.69) is 11.9 Å². The molecule has 17 heteroatoms. The van der Waals surface area contributed by atoms with Crippen molar-refractivity contribution in [3.8, 4) is 0 Å². The summed E-state index contributed by atoms with van der Waals surface area (Å²) in [6.45, 7) is 10.3. The molecule has 2 rings (SSSR count). The molecule has 3 atom stereocenters. The lowest BCUT2D eigenvalue weighted by molar-refractivity contribution is -0.176. The highest BCUT2D eigenvalue weighted by atomic mass is 31.2. The van der Waals surface area contributed by atoms with Crippen LogP contribution in [0.3, 0.4) is 0 Å². The average molecular weight is 823 g/mol. The smallest absolute Gasteiger partial charge is 0.453 e. The minimum atomic E-state index is -4.85. The number of hydrogen-bond acceptors (Lipinski definition) is 13. The second-order valence-electron chi connectivity index (χ2n) is 16.3. The molecule has 0 aliphatic carbocycles. The van der Waals surface area contributed by atoms with E-state index in [0.29, 0.717) is 17.4 Å². The zero-order valence-corrected chi connectivity index (χ0v) is 35.5. The van der Waals surface area contributed by atoms with Gasteiger partial charge in [-0.15, -0.1) is 0 Å². The van der Waals surface area contributed by atoms with E-state index in [1.807, 2.05) is 0 Å². The van der Waals surface area contributed by atoms with Crippen molar-refractivity contribution in [2.45, 2.75) is 176 Å². The van der Waals surface area contributed by atoms with Crippen LogP contribution >= 0.6 is 7.82 Å². The number of nitrogens with zero attached hydrogens (tertiary/aromatic N) is 2. The van der Waals surface area contributed by atoms with Crippen molar-refractivity contribution < 1.29 is 60.2 Å². The Balaban J connectivity index is 2.07. The first-order valence-electron chi connectivity index (χ1n) is 19.9. The van der Waals surface area contributed by atoms with Crippen LogP contribution in [-0.4, -0.2) is 65.8 Å². The van der Waals surface area contributed by atoms with Gasteiger partial charge in [0.25, 0.3) is 0 Å². The second-order valence-corrected chi connectivity index (χ2v) is 18.0. The molecule has 1 fully saturated rings. The summed E-state index contributed by atoms with van der Waals surface area (Å²) in [5.41, 5.74) is -2.68. The van der Waals surface area contributed by atoms with Crippen LogP contribution in [0.25, 0.3) is 0 Å². The van der Waals surface area contributed by atoms with Crippen LogP contribution in [0.4, 0.5) is 8.78 Å². The van der Waals surface area contributed by atoms with Gasteiger partial charge < -0.3 is 18.9 Å². The fourth-order valence-corrected chi connectivity index (χ4v) is 6.50. The molecule has 0 aromatic carbocycles. The molecule has 1 saturated heterocycles. The molecular weight excluding hydrogens is 757 g/mol. The molecule has 1 unspecified atom stereocenters. The molecule has 0 spiro atoms. The van der Waals surface area contributed by atoms with Gasteiger partial charge in [0.05, 0.1) is 17.4 Å². The molecule has 322 valence electrons. The molecule has 0 bridgehead atoms. The van der Waals surface area contributed by atoms with Gasteiger partial charge in [-0.05, 0) is 61.0 Å². The van der Waals surface area contributed by atoms with Crippen LogP contribution < -0.4 is 5.69 Å². The number of hydrogen-bond donors (Lipinski definition) is 0. The monoisotopic (exact) mass is 822 g/mol. The molecule has 0 amide bonds. The predicted octanol–water partition coefficient (Wildman–Crippen LogP) is 9.12. The van der Waals surface area contributed by atoms with Crippen LogP contribution in [0, 0.1) is 17.8 Å². The van der Waals surface area contributed by atoms with E-state index < -0.39 is 86.8 Å². The Morgan fingerprint density at radius 1 is 0.804 bits per heavy atom. The van der Waals surface area contributed by atoms with Crippen LogP contribution in [0.15, 0.2) is 17.1 Å². The Kier molecular flexibility index (Phi) is 20.8. The molecule has 0 radical (unpaired) electrons. The van der Waals surface area contributed by atoms with Gasteiger partial charge in [-0.1, -0.05) is 90.4 Å². The number of unbranched alkanes of at least 4 members (excludes halogenated alkanes) is 13. The summed E-state index contributed by atoms with van der Waals surface area (Å²) < 4.78 is 82.9. The number of ether oxygens (including phenoxy) is 4. The van der Waals surface area contributed by atoms with Gasteiger partial charge in [0, 0.05) is 18.3 Å². The number of aryl methyl sites for hydroxylation is 1. The highest BCUT2D eigenvalue weighted by molar-refractivity contribution is 7.48. The number of esters is 3. The van der Waals surface area contributed by atoms with Crippen molar-refractivity contribution in [2.24, 2.45) is 10.8 Å². The van der Waals surface area contributed by atoms with Crippen LogP contribution in [0.2, 0.25) is 0 Å². The fourth-order valence-electron chi connectivity index (χ4n) is 5.59. The maximum absolute atomic E-state index is 16.1. The zero-order chi connectivity index (χ0) is 42.0. The number of phosphoric ester groups is 1. The van der Waals surface area contributed by atoms with Gasteiger partial charge in [0.2, 0.25) is 19.8 Å². The Morgan fingerprint density at radius 3 is 1.71 bits per heavy atom. The fraction of sp³-hybridized carbons (Fsp3) is 0.821. The normalized spacial score (nSPS) is 18.5. The summed E-state index contributed by atoms with van der Waals surface area (Å²) in [6.07, 6.45) is 10.0. The first-order valence-corrected chi connectivity index (χ1v) is 21.3. The number of halogens is 2. The number of phosphoric acid groups is 1. The Bertz CT molecular complexity index is 1440. The first-order chi connectivity index (χ1) is 26.2. The van der Waals surface area contributed by atoms with E-state index in [9.17, 15) is 23.7 Å². The molecule has 56 heavy (non-hydrogen) atoms. The molecule has 1 aromatic heterocycles. The summed E-state index contributed by atoms with van der Waals surface area (Å²) in [4.78, 5) is 53.8. The van der Waals surface area contributed by atoms with Gasteiger partial charge in [-0.25, -0.2) is 18.4 Å². The van der Waals surface area contributed by atoms with Gasteiger partial charge >= 0.3 is 37.3 Å². The van der Waals surface area contributed by atoms with E-state index >= 15 is 8.78 Å². The highest BCUT2D eigenvalue weighted by Gasteiger charge is 2.63. The second kappa shape index (κ2) is 23.6. The molecular formula is C39H65F2N2O12P. The first kappa shape index (κ1) is 49.4. The topological polar surface area (TPSA) is 168 Å². The van der Waals surface area contributed by atoms with Crippen LogP contribution in [0.1, 0.15) is 157 Å². The van der Waals surface area contributed by atoms with Crippen molar-refractivity contribution in [2.75, 3.05) is 20.2 Å². The molecule has 2 heterocycles. The summed E-state index contributed by atoms with van der Waals surface area (Å²) in [5, 5.41) is 0. The van der Waals surface area contributed by atoms with Crippen LogP contribution in [-0.2, 0) is 51.5 Å². The predicted molar refractivity (Wildman–Crippen MR) is 203 cm³/mol. The third kappa shape index (κ3) is 17.4. The van der Waals surface area contributed by atoms with Crippen molar-refractivity contribution in [3.05, 3.63) is 28.4 Å². The summed E-state index contributed by atoms with van der Waals surface area (Å²) in [7, 11) is -4.85. The van der Waals surface area contributed by atoms with Crippen molar-refractivity contribution >= 4 is 25.7 Å². The zero-order valence-electron chi connectivity index (χ0n) is 34.6. The van der Waals surface area contributed by atoms with Gasteiger partial charge in [0.15, 0.2) is 6.10 Å². The standard InChI is InChI=1S/C39H65F2N2O12P/c1-9-10-11-12-13-14-15-16-17-18-19-20-21-22-23-31(44)55-32-30(54-33(39(32,40)41)43-25-24-29(2)42-36(43)47)26-51-56(48,52-27-49-34(45)37(3,4)5)53-28-50-35(46)38(6,7)8/h24-25,30,32-33H,9-23,26-28H2,1-8H3/t30-,32?,33-/m1/s1. The lowest BCUT2D eigenvalue weighted by Crippen LogP contribution is -2.44. The summed E-state index contributed by atoms with van der Waals surface area (Å²) in [5.74, 6) is -6.37. The van der Waals surface area contributed by atoms with Crippen molar-refractivity contribution in [1.82, 2.24) is 9.55 Å². The number of carbonyl (C=O) groups is 3. The summed E-state index contributed by atoms with van der Waals surface area (Å²) >= 11 is 0. The van der Waals surface area contributed by atoms with Crippen molar-refractivity contribution in [3.63, 3.8) is 0 Å². The largest absolute Gasteiger partial charge is 0.480 e. The van der Waals surface area contributed by atoms with Gasteiger partial charge in [-0.2, -0.15) is 13.8 Å². The van der Waals surface area contributed by atoms with E-state index in [1.165, 1.54) is 64.4 Å². The Hall–Kier alpha value is -2.78. The molecule has 0 saturated carbocycles. The Labute approximate surface area is 330 Å². The van der Waals surface area contributed by atoms with Crippen molar-refractivity contribution in [1.29, 1.82) is 0 Å². The van der Waals surface area contributed by atoms with Crippen LogP contribution in [0.5, 0.6) is 0 Å². The van der Waals surface area contributed by atoms with E-state index in [4.69, 9.17) is 32.5 Å². The maximum atomic E-state index is 16.1. The Morgan fingerprint density at radius 2 is 1.27 bits per heavy atom. The highest BCUT2D eigenvalue weighted by Crippen LogP contribution is 2.52. The number of aromatic nitrogens is 2. The average Bonchev–Trinajstić information content (AvgIpc) is 3.34. The third-order valence-electron chi connectivity index (χ3n) is 8.99. The SMILES string of the molecule is CCCCCCCCCCCCCCCCC(=O)OC1[C@@H](COP(=O)(OCOC(=O)C(C)(C)C)OCOC(=O)C(C)(C)C)O[C@@H](n2ccc(C)nc2=O)C1(F)F. The molecule has 1 aliphatic rings. The minimum Gasteiger partial charge on any atom is -0.453 e. The molecule has 14 nitrogen and oxygen atoms in total. The quantitative estimate of drug-likeness (QED) is 0.0286. The number of rotatable bonds is 26. The van der Waals surface area contributed by atoms with E-state index in [1.54, 1.807) is 41.5 Å².